The van der Waals surface area contributed by atoms with Gasteiger partial charge >= 0.3 is 0 Å². The van der Waals surface area contributed by atoms with Crippen molar-refractivity contribution in [3.63, 3.8) is 0 Å². The summed E-state index contributed by atoms with van der Waals surface area (Å²) >= 11 is 5.98. The molecule has 0 saturated heterocycles. The van der Waals surface area contributed by atoms with E-state index in [1.165, 1.54) is 35.1 Å². The van der Waals surface area contributed by atoms with E-state index < -0.39 is 5.82 Å². The fraction of sp³-hybridized carbons (Fsp3) is 0. The standard InChI is InChI=1S/C15H8ClFN6/c16-13-7-10(17)1-3-14(13)23-9-12(21-22-23)2-4-15-19-6-5-11(8-18)20-15/h1-7,9H. The number of halogens is 2. The number of benzene rings is 1. The van der Waals surface area contributed by atoms with Crippen LogP contribution in [0.15, 0.2) is 36.7 Å². The number of hydrogen-bond acceptors (Lipinski definition) is 5. The van der Waals surface area contributed by atoms with Crippen molar-refractivity contribution in [3.8, 4) is 11.8 Å². The largest absolute Gasteiger partial charge is 0.237 e. The first-order valence-corrected chi connectivity index (χ1v) is 6.82. The van der Waals surface area contributed by atoms with Crippen molar-refractivity contribution in [2.45, 2.75) is 0 Å². The van der Waals surface area contributed by atoms with Crippen molar-refractivity contribution in [2.75, 3.05) is 0 Å². The molecule has 0 unspecified atom stereocenters. The van der Waals surface area contributed by atoms with E-state index in [0.29, 0.717) is 17.2 Å². The molecule has 0 N–H and O–H groups in total. The lowest BCUT2D eigenvalue weighted by atomic mass is 10.3. The SMILES string of the molecule is N#Cc1ccnc(C=Cc2cn(-c3ccc(F)cc3Cl)nn2)n1. The van der Waals surface area contributed by atoms with Crippen LogP contribution >= 0.6 is 11.6 Å². The summed E-state index contributed by atoms with van der Waals surface area (Å²) in [5.74, 6) is -0.0353. The molecule has 6 nitrogen and oxygen atoms in total. The van der Waals surface area contributed by atoms with Crippen LogP contribution < -0.4 is 0 Å². The van der Waals surface area contributed by atoms with Crippen LogP contribution in [0.4, 0.5) is 4.39 Å². The molecule has 0 atom stereocenters. The zero-order valence-electron chi connectivity index (χ0n) is 11.6. The van der Waals surface area contributed by atoms with Crippen LogP contribution in [-0.4, -0.2) is 25.0 Å². The Balaban J connectivity index is 1.84. The van der Waals surface area contributed by atoms with Crippen LogP contribution in [0.5, 0.6) is 0 Å². The van der Waals surface area contributed by atoms with Gasteiger partial charge in [0.05, 0.1) is 16.9 Å². The molecule has 0 bridgehead atoms. The zero-order valence-corrected chi connectivity index (χ0v) is 12.3. The second-order valence-corrected chi connectivity index (χ2v) is 4.84. The number of nitriles is 1. The lowest BCUT2D eigenvalue weighted by molar-refractivity contribution is 0.627. The average Bonchev–Trinajstić information content (AvgIpc) is 3.02. The number of aromatic nitrogens is 5. The second kappa shape index (κ2) is 6.34. The number of hydrogen-bond donors (Lipinski definition) is 0. The third kappa shape index (κ3) is 3.39. The fourth-order valence-corrected chi connectivity index (χ4v) is 2.07. The molecule has 2 aromatic heterocycles. The molecular formula is C15H8ClFN6. The van der Waals surface area contributed by atoms with E-state index in [9.17, 15) is 4.39 Å². The van der Waals surface area contributed by atoms with Crippen LogP contribution in [0.25, 0.3) is 17.8 Å². The Morgan fingerprint density at radius 3 is 2.91 bits per heavy atom. The highest BCUT2D eigenvalue weighted by molar-refractivity contribution is 6.32. The third-order valence-electron chi connectivity index (χ3n) is 2.86. The van der Waals surface area contributed by atoms with E-state index in [2.05, 4.69) is 20.3 Å². The van der Waals surface area contributed by atoms with E-state index in [4.69, 9.17) is 16.9 Å². The maximum Gasteiger partial charge on any atom is 0.153 e. The molecule has 3 aromatic rings. The first-order valence-electron chi connectivity index (χ1n) is 6.45. The Morgan fingerprint density at radius 1 is 1.26 bits per heavy atom. The van der Waals surface area contributed by atoms with Crippen molar-refractivity contribution < 1.29 is 4.39 Å². The molecule has 0 amide bonds. The van der Waals surface area contributed by atoms with E-state index in [0.717, 1.165) is 0 Å². The maximum absolute atomic E-state index is 13.1. The van der Waals surface area contributed by atoms with Gasteiger partial charge in [0.1, 0.15) is 23.3 Å². The predicted molar refractivity (Wildman–Crippen MR) is 82.0 cm³/mol. The molecule has 0 fully saturated rings. The van der Waals surface area contributed by atoms with Crippen molar-refractivity contribution in [3.05, 3.63) is 64.7 Å². The average molecular weight is 327 g/mol. The highest BCUT2D eigenvalue weighted by Crippen LogP contribution is 2.20. The van der Waals surface area contributed by atoms with Crippen LogP contribution in [0.2, 0.25) is 5.02 Å². The minimum atomic E-state index is -0.423. The number of rotatable bonds is 3. The Kier molecular flexibility index (Phi) is 4.08. The lowest BCUT2D eigenvalue weighted by Crippen LogP contribution is -1.96. The van der Waals surface area contributed by atoms with Crippen molar-refractivity contribution in [1.29, 1.82) is 5.26 Å². The predicted octanol–water partition coefficient (Wildman–Crippen LogP) is 2.89. The van der Waals surface area contributed by atoms with Crippen LogP contribution in [0, 0.1) is 17.1 Å². The van der Waals surface area contributed by atoms with Gasteiger partial charge in [0.15, 0.2) is 5.82 Å². The molecule has 0 aliphatic carbocycles. The molecular weight excluding hydrogens is 319 g/mol. The van der Waals surface area contributed by atoms with Gasteiger partial charge in [-0.2, -0.15) is 5.26 Å². The van der Waals surface area contributed by atoms with Gasteiger partial charge in [0.2, 0.25) is 0 Å². The quantitative estimate of drug-likeness (QED) is 0.739. The van der Waals surface area contributed by atoms with Crippen LogP contribution in [0.3, 0.4) is 0 Å². The minimum Gasteiger partial charge on any atom is -0.237 e. The Morgan fingerprint density at radius 2 is 2.13 bits per heavy atom. The first kappa shape index (κ1) is 14.8. The van der Waals surface area contributed by atoms with Gasteiger partial charge in [0.25, 0.3) is 0 Å². The monoisotopic (exact) mass is 326 g/mol. The van der Waals surface area contributed by atoms with Crippen molar-refractivity contribution in [2.24, 2.45) is 0 Å². The van der Waals surface area contributed by atoms with Crippen molar-refractivity contribution in [1.82, 2.24) is 25.0 Å². The molecule has 0 aliphatic rings. The topological polar surface area (TPSA) is 80.3 Å². The normalized spacial score (nSPS) is 10.8. The Hall–Kier alpha value is -3.11. The summed E-state index contributed by atoms with van der Waals surface area (Å²) < 4.78 is 14.5. The molecule has 0 saturated carbocycles. The van der Waals surface area contributed by atoms with Crippen molar-refractivity contribution >= 4 is 23.8 Å². The van der Waals surface area contributed by atoms with Crippen LogP contribution in [-0.2, 0) is 0 Å². The van der Waals surface area contributed by atoms with Gasteiger partial charge in [-0.1, -0.05) is 16.8 Å². The summed E-state index contributed by atoms with van der Waals surface area (Å²) in [6.07, 6.45) is 6.39. The van der Waals surface area contributed by atoms with Gasteiger partial charge < -0.3 is 0 Å². The van der Waals surface area contributed by atoms with Gasteiger partial charge in [-0.05, 0) is 36.4 Å². The molecule has 2 heterocycles. The summed E-state index contributed by atoms with van der Waals surface area (Å²) in [6, 6.07) is 7.47. The van der Waals surface area contributed by atoms with E-state index in [-0.39, 0.29) is 10.7 Å². The summed E-state index contributed by atoms with van der Waals surface area (Å²) in [5, 5.41) is 16.9. The molecule has 0 radical (unpaired) electrons. The van der Waals surface area contributed by atoms with Crippen LogP contribution in [0.1, 0.15) is 17.2 Å². The van der Waals surface area contributed by atoms with E-state index >= 15 is 0 Å². The molecule has 23 heavy (non-hydrogen) atoms. The van der Waals surface area contributed by atoms with Gasteiger partial charge in [0, 0.05) is 6.20 Å². The van der Waals surface area contributed by atoms with Gasteiger partial charge in [-0.3, -0.25) is 0 Å². The lowest BCUT2D eigenvalue weighted by Gasteiger charge is -2.02. The highest BCUT2D eigenvalue weighted by atomic mass is 35.5. The molecule has 8 heteroatoms. The third-order valence-corrected chi connectivity index (χ3v) is 3.16. The Labute approximate surface area is 135 Å². The molecule has 1 aromatic carbocycles. The Bertz CT molecular complexity index is 928. The zero-order chi connectivity index (χ0) is 16.2. The van der Waals surface area contributed by atoms with Gasteiger partial charge in [-0.15, -0.1) is 5.10 Å². The molecule has 0 spiro atoms. The van der Waals surface area contributed by atoms with Gasteiger partial charge in [-0.25, -0.2) is 19.0 Å². The molecule has 112 valence electrons. The van der Waals surface area contributed by atoms with E-state index in [1.807, 2.05) is 6.07 Å². The summed E-state index contributed by atoms with van der Waals surface area (Å²) in [4.78, 5) is 8.04. The minimum absolute atomic E-state index is 0.232. The molecule has 0 aliphatic heterocycles. The summed E-state index contributed by atoms with van der Waals surface area (Å²) in [6.45, 7) is 0. The maximum atomic E-state index is 13.1. The first-order chi connectivity index (χ1) is 11.2. The summed E-state index contributed by atoms with van der Waals surface area (Å²) in [5.41, 5.74) is 1.33. The second-order valence-electron chi connectivity index (χ2n) is 4.43. The number of nitrogens with zero attached hydrogens (tertiary/aromatic N) is 6. The smallest absolute Gasteiger partial charge is 0.153 e. The molecule has 3 rings (SSSR count). The van der Waals surface area contributed by atoms with E-state index in [1.54, 1.807) is 18.3 Å². The fourth-order valence-electron chi connectivity index (χ4n) is 1.81. The highest BCUT2D eigenvalue weighted by Gasteiger charge is 2.06. The summed E-state index contributed by atoms with van der Waals surface area (Å²) in [7, 11) is 0.